The van der Waals surface area contributed by atoms with E-state index in [2.05, 4.69) is 20.8 Å². The second kappa shape index (κ2) is 7.48. The highest BCUT2D eigenvalue weighted by atomic mass is 32.2. The van der Waals surface area contributed by atoms with Crippen LogP contribution < -0.4 is 5.32 Å². The Labute approximate surface area is 150 Å². The molecule has 1 N–H and O–H groups in total. The highest BCUT2D eigenvalue weighted by Crippen LogP contribution is 2.22. The zero-order valence-corrected chi connectivity index (χ0v) is 15.2. The first-order valence-corrected chi connectivity index (χ1v) is 8.88. The van der Waals surface area contributed by atoms with Crippen molar-refractivity contribution in [2.24, 2.45) is 0 Å². The Bertz CT molecular complexity index is 906. The first-order valence-electron chi connectivity index (χ1n) is 7.89. The van der Waals surface area contributed by atoms with E-state index in [-0.39, 0.29) is 11.7 Å². The van der Waals surface area contributed by atoms with Crippen LogP contribution in [0.25, 0.3) is 5.69 Å². The minimum absolute atomic E-state index is 0.0881. The zero-order valence-electron chi connectivity index (χ0n) is 14.4. The highest BCUT2D eigenvalue weighted by Gasteiger charge is 2.14. The summed E-state index contributed by atoms with van der Waals surface area (Å²) in [6.45, 7) is 6.04. The highest BCUT2D eigenvalue weighted by molar-refractivity contribution is 7.99. The van der Waals surface area contributed by atoms with E-state index in [1.165, 1.54) is 17.3 Å². The van der Waals surface area contributed by atoms with Gasteiger partial charge in [0.05, 0.1) is 11.4 Å². The molecule has 6 nitrogen and oxygen atoms in total. The number of para-hydroxylation sites is 1. The van der Waals surface area contributed by atoms with Crippen LogP contribution >= 0.6 is 11.8 Å². The van der Waals surface area contributed by atoms with E-state index in [9.17, 15) is 4.79 Å². The van der Waals surface area contributed by atoms with Gasteiger partial charge < -0.3 is 5.32 Å². The van der Waals surface area contributed by atoms with Crippen molar-refractivity contribution in [3.8, 4) is 5.69 Å². The number of aromatic nitrogens is 4. The van der Waals surface area contributed by atoms with Crippen molar-refractivity contribution in [1.82, 2.24) is 20.2 Å². The summed E-state index contributed by atoms with van der Waals surface area (Å²) >= 11 is 1.31. The fourth-order valence-corrected chi connectivity index (χ4v) is 3.10. The lowest BCUT2D eigenvalue weighted by atomic mass is 10.1. The van der Waals surface area contributed by atoms with Crippen LogP contribution in [-0.4, -0.2) is 31.9 Å². The number of hydrogen-bond acceptors (Lipinski definition) is 5. The van der Waals surface area contributed by atoms with E-state index in [0.717, 1.165) is 22.5 Å². The molecular formula is C18H19N5OS. The molecule has 0 saturated carbocycles. The van der Waals surface area contributed by atoms with Crippen molar-refractivity contribution in [2.45, 2.75) is 25.9 Å². The first kappa shape index (κ1) is 17.2. The topological polar surface area (TPSA) is 72.7 Å². The molecule has 0 spiro atoms. The number of hydrogen-bond donors (Lipinski definition) is 1. The van der Waals surface area contributed by atoms with Gasteiger partial charge in [0.25, 0.3) is 0 Å². The molecule has 25 heavy (non-hydrogen) atoms. The molecule has 0 atom stereocenters. The van der Waals surface area contributed by atoms with E-state index < -0.39 is 0 Å². The van der Waals surface area contributed by atoms with Gasteiger partial charge >= 0.3 is 0 Å². The number of amides is 1. The van der Waals surface area contributed by atoms with Crippen molar-refractivity contribution >= 4 is 23.4 Å². The summed E-state index contributed by atoms with van der Waals surface area (Å²) in [4.78, 5) is 12.2. The average Bonchev–Trinajstić information content (AvgIpc) is 3.06. The van der Waals surface area contributed by atoms with Crippen molar-refractivity contribution in [3.05, 3.63) is 59.2 Å². The minimum atomic E-state index is -0.0881. The van der Waals surface area contributed by atoms with Gasteiger partial charge in [0.1, 0.15) is 0 Å². The minimum Gasteiger partial charge on any atom is -0.325 e. The number of nitrogens with zero attached hydrogens (tertiary/aromatic N) is 4. The predicted molar refractivity (Wildman–Crippen MR) is 99.2 cm³/mol. The van der Waals surface area contributed by atoms with Gasteiger partial charge in [-0.2, -0.15) is 4.68 Å². The molecule has 3 aromatic rings. The van der Waals surface area contributed by atoms with Crippen LogP contribution in [0.5, 0.6) is 0 Å². The summed E-state index contributed by atoms with van der Waals surface area (Å²) < 4.78 is 1.67. The Morgan fingerprint density at radius 2 is 1.84 bits per heavy atom. The molecule has 0 aliphatic heterocycles. The standard InChI is InChI=1S/C18H19N5OS/c1-12-8-6-10-16(14(12)3)23-18(20-21-22-23)25-11-17(24)19-15-9-5-4-7-13(15)2/h4-10H,11H2,1-3H3,(H,19,24). The lowest BCUT2D eigenvalue weighted by Crippen LogP contribution is -2.15. The monoisotopic (exact) mass is 353 g/mol. The fourth-order valence-electron chi connectivity index (χ4n) is 2.41. The van der Waals surface area contributed by atoms with Crippen molar-refractivity contribution in [3.63, 3.8) is 0 Å². The van der Waals surface area contributed by atoms with Crippen LogP contribution in [0.15, 0.2) is 47.6 Å². The molecule has 0 aliphatic carbocycles. The number of benzene rings is 2. The van der Waals surface area contributed by atoms with Gasteiger partial charge in [-0.25, -0.2) is 0 Å². The fraction of sp³-hybridized carbons (Fsp3) is 0.222. The van der Waals surface area contributed by atoms with E-state index in [1.54, 1.807) is 4.68 Å². The van der Waals surface area contributed by atoms with Gasteiger partial charge in [0.15, 0.2) is 0 Å². The maximum atomic E-state index is 12.2. The van der Waals surface area contributed by atoms with Crippen LogP contribution in [0.3, 0.4) is 0 Å². The average molecular weight is 353 g/mol. The Balaban J connectivity index is 1.71. The number of tetrazole rings is 1. The second-order valence-electron chi connectivity index (χ2n) is 5.74. The van der Waals surface area contributed by atoms with E-state index in [0.29, 0.717) is 5.16 Å². The summed E-state index contributed by atoms with van der Waals surface area (Å²) in [6, 6.07) is 13.7. The second-order valence-corrected chi connectivity index (χ2v) is 6.69. The molecule has 2 aromatic carbocycles. The number of aryl methyl sites for hydroxylation is 2. The van der Waals surface area contributed by atoms with Gasteiger partial charge in [-0.15, -0.1) is 5.10 Å². The summed E-state index contributed by atoms with van der Waals surface area (Å²) in [6.07, 6.45) is 0. The van der Waals surface area contributed by atoms with Gasteiger partial charge in [-0.3, -0.25) is 4.79 Å². The molecule has 3 rings (SSSR count). The van der Waals surface area contributed by atoms with Gasteiger partial charge in [-0.05, 0) is 60.0 Å². The lowest BCUT2D eigenvalue weighted by Gasteiger charge is -2.10. The molecule has 1 heterocycles. The van der Waals surface area contributed by atoms with Gasteiger partial charge in [0, 0.05) is 5.69 Å². The molecule has 0 fully saturated rings. The Morgan fingerprint density at radius 3 is 2.64 bits per heavy atom. The van der Waals surface area contributed by atoms with Gasteiger partial charge in [0.2, 0.25) is 11.1 Å². The van der Waals surface area contributed by atoms with Crippen molar-refractivity contribution < 1.29 is 4.79 Å². The summed E-state index contributed by atoms with van der Waals surface area (Å²) in [7, 11) is 0. The molecule has 128 valence electrons. The van der Waals surface area contributed by atoms with Crippen LogP contribution in [-0.2, 0) is 4.79 Å². The molecule has 0 aliphatic rings. The zero-order chi connectivity index (χ0) is 17.8. The number of carbonyl (C=O) groups excluding carboxylic acids is 1. The molecule has 0 bridgehead atoms. The number of thioether (sulfide) groups is 1. The SMILES string of the molecule is Cc1ccccc1NC(=O)CSc1nnnn1-c1cccc(C)c1C. The lowest BCUT2D eigenvalue weighted by molar-refractivity contribution is -0.113. The summed E-state index contributed by atoms with van der Waals surface area (Å²) in [5.74, 6) is 0.148. The number of carbonyl (C=O) groups is 1. The van der Waals surface area contributed by atoms with Crippen molar-refractivity contribution in [2.75, 3.05) is 11.1 Å². The summed E-state index contributed by atoms with van der Waals surface area (Å²) in [5, 5.41) is 15.4. The largest absolute Gasteiger partial charge is 0.325 e. The smallest absolute Gasteiger partial charge is 0.234 e. The number of anilines is 1. The van der Waals surface area contributed by atoms with Gasteiger partial charge in [-0.1, -0.05) is 42.1 Å². The molecule has 7 heteroatoms. The molecule has 1 amide bonds. The Hall–Kier alpha value is -2.67. The molecule has 0 radical (unpaired) electrons. The third-order valence-corrected chi connectivity index (χ3v) is 4.92. The van der Waals surface area contributed by atoms with Crippen LogP contribution in [0.2, 0.25) is 0 Å². The molecule has 0 saturated heterocycles. The third-order valence-electron chi connectivity index (χ3n) is 4.00. The quantitative estimate of drug-likeness (QED) is 0.713. The Morgan fingerprint density at radius 1 is 1.08 bits per heavy atom. The number of nitrogens with one attached hydrogen (secondary N) is 1. The maximum absolute atomic E-state index is 12.2. The van der Waals surface area contributed by atoms with Crippen LogP contribution in [0.4, 0.5) is 5.69 Å². The first-order chi connectivity index (χ1) is 12.1. The van der Waals surface area contributed by atoms with E-state index in [1.807, 2.05) is 63.2 Å². The van der Waals surface area contributed by atoms with E-state index >= 15 is 0 Å². The predicted octanol–water partition coefficient (Wildman–Crippen LogP) is 3.32. The van der Waals surface area contributed by atoms with Crippen molar-refractivity contribution in [1.29, 1.82) is 0 Å². The Kier molecular flexibility index (Phi) is 5.14. The molecule has 0 unspecified atom stereocenters. The maximum Gasteiger partial charge on any atom is 0.234 e. The molecular weight excluding hydrogens is 334 g/mol. The third kappa shape index (κ3) is 3.88. The molecule has 1 aromatic heterocycles. The van der Waals surface area contributed by atoms with Crippen LogP contribution in [0, 0.1) is 20.8 Å². The van der Waals surface area contributed by atoms with E-state index in [4.69, 9.17) is 0 Å². The normalized spacial score (nSPS) is 10.7. The van der Waals surface area contributed by atoms with Crippen LogP contribution in [0.1, 0.15) is 16.7 Å². The summed E-state index contributed by atoms with van der Waals surface area (Å²) in [5.41, 5.74) is 5.05. The number of rotatable bonds is 5.